The summed E-state index contributed by atoms with van der Waals surface area (Å²) in [6.45, 7) is 3.20. The van der Waals surface area contributed by atoms with Gasteiger partial charge >= 0.3 is 18.1 Å². The minimum absolute atomic E-state index is 0.155. The highest BCUT2D eigenvalue weighted by molar-refractivity contribution is 6.07. The highest BCUT2D eigenvalue weighted by Crippen LogP contribution is 2.14. The van der Waals surface area contributed by atoms with Gasteiger partial charge in [0.25, 0.3) is 0 Å². The van der Waals surface area contributed by atoms with Crippen molar-refractivity contribution >= 4 is 17.7 Å². The quantitative estimate of drug-likeness (QED) is 0.619. The topological polar surface area (TPSA) is 107 Å². The van der Waals surface area contributed by atoms with Gasteiger partial charge in [0, 0.05) is 6.42 Å². The Kier molecular flexibility index (Phi) is 8.11. The Morgan fingerprint density at radius 1 is 1.17 bits per heavy atom. The average molecular weight is 349 g/mol. The lowest BCUT2D eigenvalue weighted by Crippen LogP contribution is -2.56. The second-order valence-electron chi connectivity index (χ2n) is 4.71. The van der Waals surface area contributed by atoms with Gasteiger partial charge in [-0.1, -0.05) is 30.3 Å². The van der Waals surface area contributed by atoms with E-state index in [1.807, 2.05) is 30.3 Å². The molecule has 0 aliphatic heterocycles. The van der Waals surface area contributed by atoms with E-state index in [0.717, 1.165) is 5.56 Å². The van der Waals surface area contributed by atoms with Crippen LogP contribution in [-0.4, -0.2) is 41.2 Å². The molecule has 0 radical (unpaired) electrons. The number of nitrogens with two attached hydrogens (primary N) is 1. The van der Waals surface area contributed by atoms with Gasteiger partial charge in [-0.15, -0.1) is 0 Å². The fraction of sp³-hybridized carbons (Fsp3) is 0.400. The van der Waals surface area contributed by atoms with Gasteiger partial charge in [-0.3, -0.25) is 4.79 Å². The summed E-state index contributed by atoms with van der Waals surface area (Å²) in [5, 5.41) is 7.12. The molecule has 1 aromatic rings. The molecule has 9 heteroatoms. The maximum atomic E-state index is 11.7. The summed E-state index contributed by atoms with van der Waals surface area (Å²) in [6.07, 6.45) is -4.93. The summed E-state index contributed by atoms with van der Waals surface area (Å²) in [5.41, 5.74) is 5.12. The maximum absolute atomic E-state index is 11.7. The number of carboxylic acid groups (broad SMARTS) is 1. The number of benzene rings is 1. The third-order valence-electron chi connectivity index (χ3n) is 2.84. The van der Waals surface area contributed by atoms with Crippen LogP contribution in [-0.2, 0) is 25.5 Å². The Balaban J connectivity index is 0.000000640. The molecule has 1 unspecified atom stereocenters. The van der Waals surface area contributed by atoms with Crippen molar-refractivity contribution in [2.45, 2.75) is 32.0 Å². The maximum Gasteiger partial charge on any atom is 0.490 e. The van der Waals surface area contributed by atoms with Crippen molar-refractivity contribution in [3.05, 3.63) is 35.9 Å². The third-order valence-corrected chi connectivity index (χ3v) is 2.84. The van der Waals surface area contributed by atoms with Crippen molar-refractivity contribution in [1.82, 2.24) is 0 Å². The summed E-state index contributed by atoms with van der Waals surface area (Å²) < 4.78 is 36.6. The first-order valence-electron chi connectivity index (χ1n) is 6.76. The van der Waals surface area contributed by atoms with Gasteiger partial charge in [0.2, 0.25) is 0 Å². The minimum Gasteiger partial charge on any atom is -0.475 e. The van der Waals surface area contributed by atoms with Crippen molar-refractivity contribution in [3.8, 4) is 0 Å². The lowest BCUT2D eigenvalue weighted by molar-refractivity contribution is -0.192. The molecule has 0 spiro atoms. The van der Waals surface area contributed by atoms with E-state index in [9.17, 15) is 22.8 Å². The summed E-state index contributed by atoms with van der Waals surface area (Å²) >= 11 is 0. The largest absolute Gasteiger partial charge is 0.490 e. The van der Waals surface area contributed by atoms with Gasteiger partial charge in [0.15, 0.2) is 11.3 Å². The normalized spacial score (nSPS) is 13.1. The molecule has 24 heavy (non-hydrogen) atoms. The molecular weight excluding hydrogens is 331 g/mol. The summed E-state index contributed by atoms with van der Waals surface area (Å²) in [7, 11) is 0. The van der Waals surface area contributed by atoms with Crippen molar-refractivity contribution in [2.75, 3.05) is 6.61 Å². The molecule has 3 N–H and O–H groups in total. The standard InChI is InChI=1S/C13H17NO3.C2HF3O2/c1-3-17-12(16)13(14,10(2)15)9-11-7-5-4-6-8-11;3-2(4,5)1(6)7/h4-8H,3,9,14H2,1-2H3;(H,6,7). The molecule has 0 fully saturated rings. The zero-order chi connectivity index (χ0) is 19.0. The summed E-state index contributed by atoms with van der Waals surface area (Å²) in [5.74, 6) is -3.82. The molecule has 0 aliphatic rings. The first-order valence-corrected chi connectivity index (χ1v) is 6.76. The van der Waals surface area contributed by atoms with Crippen LogP contribution in [0.25, 0.3) is 0 Å². The van der Waals surface area contributed by atoms with Gasteiger partial charge in [0.1, 0.15) is 0 Å². The second kappa shape index (κ2) is 9.02. The van der Waals surface area contributed by atoms with E-state index in [0.29, 0.717) is 0 Å². The number of halogens is 3. The van der Waals surface area contributed by atoms with E-state index in [1.54, 1.807) is 6.92 Å². The van der Waals surface area contributed by atoms with Crippen molar-refractivity contribution in [3.63, 3.8) is 0 Å². The highest BCUT2D eigenvalue weighted by Gasteiger charge is 2.40. The Hall–Kier alpha value is -2.42. The molecule has 1 aromatic carbocycles. The number of carboxylic acids is 1. The third kappa shape index (κ3) is 6.78. The fourth-order valence-electron chi connectivity index (χ4n) is 1.52. The lowest BCUT2D eigenvalue weighted by Gasteiger charge is -2.24. The van der Waals surface area contributed by atoms with E-state index < -0.39 is 23.7 Å². The number of carbonyl (C=O) groups is 3. The van der Waals surface area contributed by atoms with E-state index in [4.69, 9.17) is 20.4 Å². The van der Waals surface area contributed by atoms with Crippen molar-refractivity contribution in [2.24, 2.45) is 5.73 Å². The Morgan fingerprint density at radius 3 is 1.96 bits per heavy atom. The average Bonchev–Trinajstić information content (AvgIpc) is 2.47. The van der Waals surface area contributed by atoms with Crippen LogP contribution >= 0.6 is 0 Å². The lowest BCUT2D eigenvalue weighted by atomic mass is 9.88. The van der Waals surface area contributed by atoms with Crippen LogP contribution < -0.4 is 5.73 Å². The highest BCUT2D eigenvalue weighted by atomic mass is 19.4. The van der Waals surface area contributed by atoms with Crippen LogP contribution in [0.5, 0.6) is 0 Å². The van der Waals surface area contributed by atoms with Crippen LogP contribution in [0.1, 0.15) is 19.4 Å². The smallest absolute Gasteiger partial charge is 0.475 e. The van der Waals surface area contributed by atoms with E-state index in [2.05, 4.69) is 0 Å². The molecule has 134 valence electrons. The molecule has 6 nitrogen and oxygen atoms in total. The molecule has 0 saturated carbocycles. The number of ketones is 1. The van der Waals surface area contributed by atoms with Crippen LogP contribution in [0, 0.1) is 0 Å². The van der Waals surface area contributed by atoms with Crippen LogP contribution in [0.2, 0.25) is 0 Å². The van der Waals surface area contributed by atoms with Crippen molar-refractivity contribution in [1.29, 1.82) is 0 Å². The second-order valence-corrected chi connectivity index (χ2v) is 4.71. The fourth-order valence-corrected chi connectivity index (χ4v) is 1.52. The summed E-state index contributed by atoms with van der Waals surface area (Å²) in [6, 6.07) is 9.18. The van der Waals surface area contributed by atoms with Gasteiger partial charge in [0.05, 0.1) is 6.61 Å². The minimum atomic E-state index is -5.08. The number of aliphatic carboxylic acids is 1. The molecule has 0 aromatic heterocycles. The summed E-state index contributed by atoms with van der Waals surface area (Å²) in [4.78, 5) is 32.2. The predicted molar refractivity (Wildman–Crippen MR) is 78.1 cm³/mol. The van der Waals surface area contributed by atoms with Crippen molar-refractivity contribution < 1.29 is 37.4 Å². The first kappa shape index (κ1) is 21.6. The molecule has 0 bridgehead atoms. The number of alkyl halides is 3. The number of hydrogen-bond acceptors (Lipinski definition) is 5. The SMILES string of the molecule is CCOC(=O)C(N)(Cc1ccccc1)C(C)=O.O=C(O)C(F)(F)F. The van der Waals surface area contributed by atoms with E-state index >= 15 is 0 Å². The van der Waals surface area contributed by atoms with E-state index in [1.165, 1.54) is 6.92 Å². The zero-order valence-electron chi connectivity index (χ0n) is 13.1. The molecule has 0 heterocycles. The molecule has 0 amide bonds. The van der Waals surface area contributed by atoms with Gasteiger partial charge in [-0.25, -0.2) is 9.59 Å². The Bertz CT molecular complexity index is 574. The number of hydrogen-bond donors (Lipinski definition) is 2. The van der Waals surface area contributed by atoms with Gasteiger partial charge in [-0.2, -0.15) is 13.2 Å². The number of Topliss-reactive ketones (excluding diaryl/α,β-unsaturated/α-hetero) is 1. The first-order chi connectivity index (χ1) is 10.9. The number of esters is 1. The number of ether oxygens (including phenoxy) is 1. The Labute approximate surface area is 136 Å². The Morgan fingerprint density at radius 2 is 1.62 bits per heavy atom. The predicted octanol–water partition coefficient (Wildman–Crippen LogP) is 1.71. The van der Waals surface area contributed by atoms with Gasteiger partial charge in [-0.05, 0) is 19.4 Å². The number of rotatable bonds is 5. The molecule has 0 saturated heterocycles. The van der Waals surface area contributed by atoms with Crippen LogP contribution in [0.15, 0.2) is 30.3 Å². The number of carbonyl (C=O) groups excluding carboxylic acids is 2. The van der Waals surface area contributed by atoms with Crippen LogP contribution in [0.4, 0.5) is 13.2 Å². The monoisotopic (exact) mass is 349 g/mol. The molecule has 0 aliphatic carbocycles. The zero-order valence-corrected chi connectivity index (χ0v) is 13.1. The van der Waals surface area contributed by atoms with E-state index in [-0.39, 0.29) is 18.8 Å². The van der Waals surface area contributed by atoms with Crippen LogP contribution in [0.3, 0.4) is 0 Å². The molecule has 1 atom stereocenters. The van der Waals surface area contributed by atoms with Gasteiger partial charge < -0.3 is 15.6 Å². The molecule has 1 rings (SSSR count). The molecular formula is C15H18F3NO5.